The Labute approximate surface area is 110 Å². The van der Waals surface area contributed by atoms with Crippen LogP contribution >= 0.6 is 0 Å². The van der Waals surface area contributed by atoms with Gasteiger partial charge in [0.2, 0.25) is 6.20 Å². The van der Waals surface area contributed by atoms with Gasteiger partial charge in [-0.1, -0.05) is 0 Å². The molecule has 0 aromatic carbocycles. The van der Waals surface area contributed by atoms with E-state index in [0.717, 1.165) is 36.7 Å². The van der Waals surface area contributed by atoms with E-state index < -0.39 is 9.85 Å². The zero-order chi connectivity index (χ0) is 14.9. The third-order valence-corrected chi connectivity index (χ3v) is 2.50. The number of nitro groups is 2. The van der Waals surface area contributed by atoms with Crippen LogP contribution in [0.2, 0.25) is 0 Å². The topological polar surface area (TPSA) is 137 Å². The lowest BCUT2D eigenvalue weighted by atomic mass is 10.2. The highest BCUT2D eigenvalue weighted by Crippen LogP contribution is 2.20. The molecule has 1 N–H and O–H groups in total. The van der Waals surface area contributed by atoms with E-state index in [1.807, 2.05) is 0 Å². The quantitative estimate of drug-likeness (QED) is 0.282. The van der Waals surface area contributed by atoms with E-state index in [-0.39, 0.29) is 27.5 Å². The fourth-order valence-corrected chi connectivity index (χ4v) is 1.56. The fourth-order valence-electron chi connectivity index (χ4n) is 1.56. The van der Waals surface area contributed by atoms with Crippen molar-refractivity contribution in [2.45, 2.75) is 0 Å². The second kappa shape index (κ2) is 4.76. The molecular weight excluding hydrogens is 272 g/mol. The highest BCUT2D eigenvalue weighted by Gasteiger charge is 2.28. The van der Waals surface area contributed by atoms with Crippen LogP contribution in [-0.4, -0.2) is 15.1 Å². The maximum atomic E-state index is 11.6. The van der Waals surface area contributed by atoms with Crippen molar-refractivity contribution in [1.29, 1.82) is 0 Å². The Balaban J connectivity index is 2.67. The molecule has 0 aliphatic carbocycles. The van der Waals surface area contributed by atoms with Crippen molar-refractivity contribution in [3.8, 4) is 11.4 Å². The van der Waals surface area contributed by atoms with Crippen LogP contribution in [0.3, 0.4) is 0 Å². The lowest BCUT2D eigenvalue weighted by Gasteiger charge is -2.01. The first-order valence-electron chi connectivity index (χ1n) is 5.17. The van der Waals surface area contributed by atoms with Crippen molar-refractivity contribution in [3.05, 3.63) is 62.1 Å². The van der Waals surface area contributed by atoms with E-state index in [9.17, 15) is 30.6 Å². The molecule has 0 amide bonds. The standard InChI is InChI=1S/C10H7N4O6/c15-11-3-1-7(13(17)18)5-9(11)10-6-8(14(19)20)2-4-12(10)16/h1-6,15H/q+1. The predicted octanol–water partition coefficient (Wildman–Crippen LogP) is 0.328. The summed E-state index contributed by atoms with van der Waals surface area (Å²) in [4.78, 5) is 19.9. The van der Waals surface area contributed by atoms with Crippen molar-refractivity contribution in [1.82, 2.24) is 0 Å². The Morgan fingerprint density at radius 3 is 2.00 bits per heavy atom. The van der Waals surface area contributed by atoms with Crippen LogP contribution in [0, 0.1) is 25.4 Å². The Kier molecular flexibility index (Phi) is 3.13. The van der Waals surface area contributed by atoms with Gasteiger partial charge in [-0.25, -0.2) is 0 Å². The minimum atomic E-state index is -0.720. The molecule has 0 fully saturated rings. The Morgan fingerprint density at radius 1 is 0.950 bits per heavy atom. The molecule has 102 valence electrons. The molecule has 2 aromatic rings. The van der Waals surface area contributed by atoms with E-state index in [0.29, 0.717) is 4.73 Å². The molecule has 2 rings (SSSR count). The third kappa shape index (κ3) is 2.29. The number of rotatable bonds is 3. The fraction of sp³-hybridized carbons (Fsp3) is 0. The van der Waals surface area contributed by atoms with Gasteiger partial charge in [0, 0.05) is 4.73 Å². The first kappa shape index (κ1) is 13.1. The van der Waals surface area contributed by atoms with Gasteiger partial charge in [-0.15, -0.1) is 0 Å². The molecular formula is C10H7N4O6+. The van der Waals surface area contributed by atoms with Crippen LogP contribution in [0.1, 0.15) is 0 Å². The second-order valence-corrected chi connectivity index (χ2v) is 3.72. The average molecular weight is 279 g/mol. The maximum absolute atomic E-state index is 11.6. The number of pyridine rings is 2. The number of nitrogens with zero attached hydrogens (tertiary/aromatic N) is 4. The molecule has 0 aliphatic heterocycles. The van der Waals surface area contributed by atoms with Gasteiger partial charge < -0.3 is 5.21 Å². The summed E-state index contributed by atoms with van der Waals surface area (Å²) < 4.78 is 0.735. The van der Waals surface area contributed by atoms with Crippen LogP contribution in [0.15, 0.2) is 36.7 Å². The molecule has 0 saturated carbocycles. The third-order valence-electron chi connectivity index (χ3n) is 2.50. The van der Waals surface area contributed by atoms with Crippen LogP contribution in [0.4, 0.5) is 11.4 Å². The van der Waals surface area contributed by atoms with Crippen molar-refractivity contribution >= 4 is 11.4 Å². The van der Waals surface area contributed by atoms with Gasteiger partial charge in [-0.2, -0.15) is 4.73 Å². The molecule has 0 spiro atoms. The summed E-state index contributed by atoms with van der Waals surface area (Å²) in [5, 5.41) is 42.6. The minimum absolute atomic E-state index is 0.238. The molecule has 2 heterocycles. The maximum Gasteiger partial charge on any atom is 0.336 e. The molecule has 0 saturated heterocycles. The van der Waals surface area contributed by atoms with Gasteiger partial charge in [0.25, 0.3) is 11.4 Å². The van der Waals surface area contributed by atoms with Crippen molar-refractivity contribution in [3.63, 3.8) is 0 Å². The summed E-state index contributed by atoms with van der Waals surface area (Å²) >= 11 is 0. The first-order chi connectivity index (χ1) is 9.40. The number of aromatic nitrogens is 2. The highest BCUT2D eigenvalue weighted by molar-refractivity contribution is 5.54. The first-order valence-corrected chi connectivity index (χ1v) is 5.17. The minimum Gasteiger partial charge on any atom is -0.618 e. The molecule has 10 heteroatoms. The van der Waals surface area contributed by atoms with Crippen LogP contribution in [0.5, 0.6) is 0 Å². The van der Waals surface area contributed by atoms with Gasteiger partial charge >= 0.3 is 11.4 Å². The van der Waals surface area contributed by atoms with Gasteiger partial charge in [0.1, 0.15) is 0 Å². The van der Waals surface area contributed by atoms with E-state index in [4.69, 9.17) is 0 Å². The van der Waals surface area contributed by atoms with Gasteiger partial charge in [-0.05, 0) is 0 Å². The van der Waals surface area contributed by atoms with E-state index in [2.05, 4.69) is 0 Å². The van der Waals surface area contributed by atoms with Crippen molar-refractivity contribution < 1.29 is 24.5 Å². The predicted molar refractivity (Wildman–Crippen MR) is 61.5 cm³/mol. The normalized spacial score (nSPS) is 10.2. The molecule has 0 unspecified atom stereocenters. The SMILES string of the molecule is O=[N+]([O-])c1cc[n+]([O-])c(-c2cc([N+](=O)[O-])cc[n+]2O)c1. The molecule has 2 aromatic heterocycles. The van der Waals surface area contributed by atoms with E-state index in [1.165, 1.54) is 0 Å². The van der Waals surface area contributed by atoms with E-state index in [1.54, 1.807) is 0 Å². The molecule has 0 aliphatic rings. The molecule has 20 heavy (non-hydrogen) atoms. The van der Waals surface area contributed by atoms with Gasteiger partial charge in [-0.3, -0.25) is 25.4 Å². The summed E-state index contributed by atoms with van der Waals surface area (Å²) in [6.45, 7) is 0. The number of hydrogen-bond acceptors (Lipinski definition) is 6. The average Bonchev–Trinajstić information content (AvgIpc) is 2.39. The van der Waals surface area contributed by atoms with Crippen LogP contribution < -0.4 is 9.46 Å². The zero-order valence-corrected chi connectivity index (χ0v) is 9.74. The van der Waals surface area contributed by atoms with Crippen molar-refractivity contribution in [2.75, 3.05) is 0 Å². The smallest absolute Gasteiger partial charge is 0.336 e. The monoisotopic (exact) mass is 279 g/mol. The van der Waals surface area contributed by atoms with Gasteiger partial charge in [0.05, 0.1) is 34.1 Å². The zero-order valence-electron chi connectivity index (χ0n) is 9.74. The number of hydrogen-bond donors (Lipinski definition) is 1. The Hall–Kier alpha value is -3.30. The van der Waals surface area contributed by atoms with E-state index >= 15 is 0 Å². The summed E-state index contributed by atoms with van der Waals surface area (Å²) in [5.74, 6) is 0. The highest BCUT2D eigenvalue weighted by atomic mass is 16.6. The molecule has 10 nitrogen and oxygen atoms in total. The van der Waals surface area contributed by atoms with Crippen molar-refractivity contribution in [2.24, 2.45) is 0 Å². The Bertz CT molecular complexity index is 655. The van der Waals surface area contributed by atoms with Gasteiger partial charge in [0.15, 0.2) is 6.20 Å². The lowest BCUT2D eigenvalue weighted by Crippen LogP contribution is -2.38. The Morgan fingerprint density at radius 2 is 1.45 bits per heavy atom. The summed E-state index contributed by atoms with van der Waals surface area (Å²) in [5.41, 5.74) is -1.27. The van der Waals surface area contributed by atoms with Crippen LogP contribution in [-0.2, 0) is 0 Å². The molecule has 0 radical (unpaired) electrons. The summed E-state index contributed by atoms with van der Waals surface area (Å²) in [6.07, 6.45) is 1.85. The summed E-state index contributed by atoms with van der Waals surface area (Å²) in [6, 6.07) is 3.86. The van der Waals surface area contributed by atoms with Crippen LogP contribution in [0.25, 0.3) is 11.4 Å². The molecule has 0 atom stereocenters. The largest absolute Gasteiger partial charge is 0.618 e. The second-order valence-electron chi connectivity index (χ2n) is 3.72. The molecule has 0 bridgehead atoms. The lowest BCUT2D eigenvalue weighted by molar-refractivity contribution is -0.898. The summed E-state index contributed by atoms with van der Waals surface area (Å²) in [7, 11) is 0.